The maximum atomic E-state index is 11.0. The highest BCUT2D eigenvalue weighted by Crippen LogP contribution is 2.16. The number of anilines is 1. The first-order valence-corrected chi connectivity index (χ1v) is 7.16. The molecule has 4 nitrogen and oxygen atoms in total. The van der Waals surface area contributed by atoms with E-state index in [1.54, 1.807) is 6.26 Å². The van der Waals surface area contributed by atoms with Gasteiger partial charge < -0.3 is 15.1 Å². The Morgan fingerprint density at radius 1 is 1.29 bits per heavy atom. The van der Waals surface area contributed by atoms with Crippen molar-refractivity contribution < 1.29 is 9.32 Å². The van der Waals surface area contributed by atoms with Crippen LogP contribution in [0.2, 0.25) is 0 Å². The largest absolute Gasteiger partial charge is 0.387 e. The standard InChI is InChI=1S/C12H20N2O2S/c1-9(2)13-8-12(15)10-4-6-11(7-5-10)14-17(3)16/h4-7,9,12-15H,8H2,1-3H3. The van der Waals surface area contributed by atoms with Gasteiger partial charge in [-0.2, -0.15) is 0 Å². The van der Waals surface area contributed by atoms with Crippen LogP contribution in [0.5, 0.6) is 0 Å². The highest BCUT2D eigenvalue weighted by Gasteiger charge is 2.07. The summed E-state index contributed by atoms with van der Waals surface area (Å²) in [6, 6.07) is 7.65. The van der Waals surface area contributed by atoms with E-state index in [0.717, 1.165) is 11.3 Å². The van der Waals surface area contributed by atoms with Crippen LogP contribution < -0.4 is 10.0 Å². The van der Waals surface area contributed by atoms with Gasteiger partial charge in [0.1, 0.15) is 11.0 Å². The molecule has 0 aliphatic rings. The van der Waals surface area contributed by atoms with E-state index in [1.807, 2.05) is 38.1 Å². The third-order valence-electron chi connectivity index (χ3n) is 2.28. The van der Waals surface area contributed by atoms with Crippen molar-refractivity contribution in [2.45, 2.75) is 26.0 Å². The Morgan fingerprint density at radius 3 is 2.35 bits per heavy atom. The van der Waals surface area contributed by atoms with E-state index in [-0.39, 0.29) is 0 Å². The van der Waals surface area contributed by atoms with Crippen LogP contribution in [0.1, 0.15) is 25.5 Å². The fourth-order valence-electron chi connectivity index (χ4n) is 1.40. The zero-order valence-corrected chi connectivity index (χ0v) is 11.3. The zero-order chi connectivity index (χ0) is 12.8. The average molecular weight is 256 g/mol. The van der Waals surface area contributed by atoms with Gasteiger partial charge in [-0.05, 0) is 17.7 Å². The van der Waals surface area contributed by atoms with Crippen molar-refractivity contribution >= 4 is 16.7 Å². The number of nitrogens with one attached hydrogen (secondary N) is 2. The van der Waals surface area contributed by atoms with Crippen LogP contribution in [0.3, 0.4) is 0 Å². The van der Waals surface area contributed by atoms with Gasteiger partial charge in [-0.3, -0.25) is 0 Å². The van der Waals surface area contributed by atoms with Crippen molar-refractivity contribution in [1.82, 2.24) is 5.32 Å². The molecule has 0 aromatic heterocycles. The predicted molar refractivity (Wildman–Crippen MR) is 72.2 cm³/mol. The molecule has 0 fully saturated rings. The quantitative estimate of drug-likeness (QED) is 0.721. The Labute approximate surface area is 105 Å². The molecule has 5 heteroatoms. The number of rotatable bonds is 6. The van der Waals surface area contributed by atoms with E-state index in [9.17, 15) is 9.32 Å². The first-order valence-electron chi connectivity index (χ1n) is 5.60. The first kappa shape index (κ1) is 14.2. The maximum Gasteiger partial charge on any atom is 0.113 e. The third-order valence-corrected chi connectivity index (χ3v) is 2.80. The monoisotopic (exact) mass is 256 g/mol. The Hall–Kier alpha value is -0.910. The fourth-order valence-corrected chi connectivity index (χ4v) is 1.87. The molecular weight excluding hydrogens is 236 g/mol. The van der Waals surface area contributed by atoms with E-state index in [0.29, 0.717) is 12.6 Å². The SMILES string of the molecule is CC(C)NCC(O)c1ccc(NS(C)=O)cc1. The fraction of sp³-hybridized carbons (Fsp3) is 0.500. The van der Waals surface area contributed by atoms with E-state index >= 15 is 0 Å². The lowest BCUT2D eigenvalue weighted by Gasteiger charge is -2.14. The molecular formula is C12H20N2O2S. The first-order chi connectivity index (χ1) is 7.99. The molecule has 1 rings (SSSR count). The number of aliphatic hydroxyl groups is 1. The Morgan fingerprint density at radius 2 is 1.88 bits per heavy atom. The summed E-state index contributed by atoms with van der Waals surface area (Å²) in [5, 5.41) is 13.1. The summed E-state index contributed by atoms with van der Waals surface area (Å²) in [6.07, 6.45) is 1.06. The van der Waals surface area contributed by atoms with Crippen molar-refractivity contribution in [2.75, 3.05) is 17.5 Å². The number of aliphatic hydroxyl groups excluding tert-OH is 1. The van der Waals surface area contributed by atoms with Gasteiger partial charge in [-0.25, -0.2) is 4.21 Å². The molecule has 0 aliphatic carbocycles. The van der Waals surface area contributed by atoms with Gasteiger partial charge in [-0.1, -0.05) is 26.0 Å². The maximum absolute atomic E-state index is 11.0. The van der Waals surface area contributed by atoms with E-state index in [1.165, 1.54) is 0 Å². The van der Waals surface area contributed by atoms with Crippen molar-refractivity contribution in [2.24, 2.45) is 0 Å². The number of benzene rings is 1. The molecule has 0 saturated heterocycles. The summed E-state index contributed by atoms with van der Waals surface area (Å²) < 4.78 is 13.7. The topological polar surface area (TPSA) is 61.4 Å². The highest BCUT2D eigenvalue weighted by atomic mass is 32.2. The molecule has 0 spiro atoms. The molecule has 2 atom stereocenters. The molecule has 0 radical (unpaired) electrons. The van der Waals surface area contributed by atoms with Gasteiger partial charge in [-0.15, -0.1) is 0 Å². The van der Waals surface area contributed by atoms with Crippen molar-refractivity contribution in [1.29, 1.82) is 0 Å². The van der Waals surface area contributed by atoms with Gasteiger partial charge in [0.05, 0.1) is 6.10 Å². The van der Waals surface area contributed by atoms with Crippen molar-refractivity contribution in [3.05, 3.63) is 29.8 Å². The summed E-state index contributed by atoms with van der Waals surface area (Å²) in [6.45, 7) is 4.61. The second-order valence-corrected chi connectivity index (χ2v) is 5.37. The number of hydrogen-bond donors (Lipinski definition) is 3. The summed E-state index contributed by atoms with van der Waals surface area (Å²) in [5.41, 5.74) is 1.64. The Balaban J connectivity index is 2.57. The summed E-state index contributed by atoms with van der Waals surface area (Å²) in [4.78, 5) is 0. The summed E-state index contributed by atoms with van der Waals surface area (Å²) >= 11 is 0. The molecule has 96 valence electrons. The van der Waals surface area contributed by atoms with Crippen molar-refractivity contribution in [3.63, 3.8) is 0 Å². The lowest BCUT2D eigenvalue weighted by Crippen LogP contribution is -2.27. The van der Waals surface area contributed by atoms with Gasteiger partial charge in [0.2, 0.25) is 0 Å². The Bertz CT molecular complexity index is 365. The lowest BCUT2D eigenvalue weighted by atomic mass is 10.1. The van der Waals surface area contributed by atoms with Crippen LogP contribution in [-0.2, 0) is 11.0 Å². The minimum atomic E-state index is -1.07. The van der Waals surface area contributed by atoms with Crippen molar-refractivity contribution in [3.8, 4) is 0 Å². The molecule has 0 heterocycles. The van der Waals surface area contributed by atoms with Crippen LogP contribution in [0.25, 0.3) is 0 Å². The second-order valence-electron chi connectivity index (χ2n) is 4.26. The lowest BCUT2D eigenvalue weighted by molar-refractivity contribution is 0.171. The summed E-state index contributed by atoms with van der Waals surface area (Å²) in [7, 11) is -1.07. The van der Waals surface area contributed by atoms with Crippen LogP contribution in [0.4, 0.5) is 5.69 Å². The highest BCUT2D eigenvalue weighted by molar-refractivity contribution is 7.85. The average Bonchev–Trinajstić information content (AvgIpc) is 2.26. The van der Waals surface area contributed by atoms with Gasteiger partial charge in [0.25, 0.3) is 0 Å². The molecule has 17 heavy (non-hydrogen) atoms. The van der Waals surface area contributed by atoms with Gasteiger partial charge >= 0.3 is 0 Å². The molecule has 3 N–H and O–H groups in total. The molecule has 0 saturated carbocycles. The minimum absolute atomic E-state index is 0.355. The van der Waals surface area contributed by atoms with Crippen LogP contribution >= 0.6 is 0 Å². The molecule has 1 aromatic carbocycles. The van der Waals surface area contributed by atoms with E-state index in [4.69, 9.17) is 0 Å². The van der Waals surface area contributed by atoms with E-state index < -0.39 is 17.1 Å². The Kier molecular flexibility index (Phi) is 5.61. The molecule has 0 amide bonds. The third kappa shape index (κ3) is 5.30. The number of hydrogen-bond acceptors (Lipinski definition) is 3. The van der Waals surface area contributed by atoms with Crippen LogP contribution in [0.15, 0.2) is 24.3 Å². The normalized spacial score (nSPS) is 14.6. The summed E-state index contributed by atoms with van der Waals surface area (Å²) in [5.74, 6) is 0. The van der Waals surface area contributed by atoms with Crippen LogP contribution in [-0.4, -0.2) is 28.2 Å². The van der Waals surface area contributed by atoms with Crippen LogP contribution in [0, 0.1) is 0 Å². The smallest absolute Gasteiger partial charge is 0.113 e. The molecule has 0 bridgehead atoms. The molecule has 0 aliphatic heterocycles. The minimum Gasteiger partial charge on any atom is -0.387 e. The van der Waals surface area contributed by atoms with Gasteiger partial charge in [0.15, 0.2) is 0 Å². The second kappa shape index (κ2) is 6.74. The molecule has 2 unspecified atom stereocenters. The van der Waals surface area contributed by atoms with Gasteiger partial charge in [0, 0.05) is 24.5 Å². The van der Waals surface area contributed by atoms with E-state index in [2.05, 4.69) is 10.0 Å². The molecule has 1 aromatic rings. The zero-order valence-electron chi connectivity index (χ0n) is 10.4. The predicted octanol–water partition coefficient (Wildman–Crippen LogP) is 1.42.